The van der Waals surface area contributed by atoms with Gasteiger partial charge in [0.05, 0.1) is 15.7 Å². The quantitative estimate of drug-likeness (QED) is 0.347. The molecule has 0 bridgehead atoms. The number of rotatable bonds is 4. The predicted molar refractivity (Wildman–Crippen MR) is 81.4 cm³/mol. The molecule has 5 nitrogen and oxygen atoms in total. The molecule has 0 amide bonds. The van der Waals surface area contributed by atoms with Crippen LogP contribution in [0.15, 0.2) is 29.4 Å². The van der Waals surface area contributed by atoms with Gasteiger partial charge in [-0.2, -0.15) is 0 Å². The highest BCUT2D eigenvalue weighted by molar-refractivity contribution is 7.98. The van der Waals surface area contributed by atoms with Crippen molar-refractivity contribution < 1.29 is 0 Å². The molecule has 2 rings (SSSR count). The number of hydrogen-bond acceptors (Lipinski definition) is 6. The Balaban J connectivity index is 2.37. The number of thioether (sulfide) groups is 1. The summed E-state index contributed by atoms with van der Waals surface area (Å²) in [6, 6.07) is 6.93. The van der Waals surface area contributed by atoms with Crippen molar-refractivity contribution in [2.75, 3.05) is 17.0 Å². The second-order valence-corrected chi connectivity index (χ2v) is 5.08. The molecule has 0 spiro atoms. The van der Waals surface area contributed by atoms with Gasteiger partial charge in [0.25, 0.3) is 0 Å². The topological polar surface area (TPSA) is 75.9 Å². The van der Waals surface area contributed by atoms with Crippen molar-refractivity contribution in [3.05, 3.63) is 34.3 Å². The van der Waals surface area contributed by atoms with Crippen LogP contribution < -0.4 is 16.6 Å². The van der Waals surface area contributed by atoms with Crippen molar-refractivity contribution in [3.63, 3.8) is 0 Å². The zero-order valence-corrected chi connectivity index (χ0v) is 12.3. The summed E-state index contributed by atoms with van der Waals surface area (Å²) < 4.78 is 0. The lowest BCUT2D eigenvalue weighted by Crippen LogP contribution is -2.10. The van der Waals surface area contributed by atoms with Gasteiger partial charge in [-0.15, -0.1) is 0 Å². The van der Waals surface area contributed by atoms with E-state index in [1.807, 2.05) is 6.26 Å². The molecule has 0 aliphatic carbocycles. The van der Waals surface area contributed by atoms with Crippen molar-refractivity contribution in [2.24, 2.45) is 5.84 Å². The average molecular weight is 316 g/mol. The van der Waals surface area contributed by atoms with Crippen molar-refractivity contribution in [1.29, 1.82) is 0 Å². The maximum Gasteiger partial charge on any atom is 0.191 e. The van der Waals surface area contributed by atoms with Crippen LogP contribution in [0.3, 0.4) is 0 Å². The minimum atomic E-state index is 0.505. The Hall–Kier alpha value is -1.21. The monoisotopic (exact) mass is 315 g/mol. The number of aromatic nitrogens is 2. The van der Waals surface area contributed by atoms with Gasteiger partial charge in [-0.25, -0.2) is 15.8 Å². The second-order valence-electron chi connectivity index (χ2n) is 3.49. The molecule has 100 valence electrons. The number of hydrogen-bond donors (Lipinski definition) is 3. The molecule has 19 heavy (non-hydrogen) atoms. The van der Waals surface area contributed by atoms with Crippen LogP contribution in [0.4, 0.5) is 17.3 Å². The molecule has 0 unspecified atom stereocenters. The van der Waals surface area contributed by atoms with E-state index in [2.05, 4.69) is 20.7 Å². The van der Waals surface area contributed by atoms with E-state index >= 15 is 0 Å². The molecule has 1 aromatic carbocycles. The summed E-state index contributed by atoms with van der Waals surface area (Å²) in [5, 5.41) is 4.68. The van der Waals surface area contributed by atoms with Crippen molar-refractivity contribution >= 4 is 52.3 Å². The lowest BCUT2D eigenvalue weighted by Gasteiger charge is -2.11. The summed E-state index contributed by atoms with van der Waals surface area (Å²) in [4.78, 5) is 8.47. The number of halogens is 2. The van der Waals surface area contributed by atoms with E-state index in [1.54, 1.807) is 24.3 Å². The standard InChI is InChI=1S/C11H11Cl2N5S/c1-19-11-16-8(5-9(17-11)18-14)15-10-6(12)3-2-4-7(10)13/h2-5H,14H2,1H3,(H2,15,16,17,18). The zero-order valence-electron chi connectivity index (χ0n) is 9.95. The number of para-hydroxylation sites is 1. The van der Waals surface area contributed by atoms with Gasteiger partial charge in [0, 0.05) is 6.07 Å². The third-order valence-electron chi connectivity index (χ3n) is 2.25. The average Bonchev–Trinajstić information content (AvgIpc) is 2.42. The highest BCUT2D eigenvalue weighted by Crippen LogP contribution is 2.32. The van der Waals surface area contributed by atoms with Crippen molar-refractivity contribution in [2.45, 2.75) is 5.16 Å². The fourth-order valence-electron chi connectivity index (χ4n) is 1.40. The SMILES string of the molecule is CSc1nc(NN)cc(Nc2c(Cl)cccc2Cl)n1. The first kappa shape index (κ1) is 14.2. The largest absolute Gasteiger partial charge is 0.338 e. The maximum atomic E-state index is 6.09. The molecule has 1 aromatic heterocycles. The highest BCUT2D eigenvalue weighted by atomic mass is 35.5. The molecule has 1 heterocycles. The number of nitrogens with one attached hydrogen (secondary N) is 2. The summed E-state index contributed by atoms with van der Waals surface area (Å²) >= 11 is 13.6. The fourth-order valence-corrected chi connectivity index (χ4v) is 2.27. The highest BCUT2D eigenvalue weighted by Gasteiger charge is 2.08. The molecule has 0 fully saturated rings. The van der Waals surface area contributed by atoms with Gasteiger partial charge in [-0.1, -0.05) is 41.0 Å². The fraction of sp³-hybridized carbons (Fsp3) is 0.0909. The normalized spacial score (nSPS) is 10.3. The van der Waals surface area contributed by atoms with E-state index < -0.39 is 0 Å². The number of nitrogens with two attached hydrogens (primary N) is 1. The van der Waals surface area contributed by atoms with E-state index in [4.69, 9.17) is 29.0 Å². The molecule has 0 saturated heterocycles. The van der Waals surface area contributed by atoms with E-state index in [0.717, 1.165) is 0 Å². The van der Waals surface area contributed by atoms with Gasteiger partial charge < -0.3 is 10.7 Å². The number of nitrogen functional groups attached to an aromatic ring is 1. The minimum Gasteiger partial charge on any atom is -0.338 e. The van der Waals surface area contributed by atoms with Gasteiger partial charge in [-0.05, 0) is 18.4 Å². The van der Waals surface area contributed by atoms with Crippen LogP contribution in [0.2, 0.25) is 10.0 Å². The minimum absolute atomic E-state index is 0.505. The molecule has 0 radical (unpaired) electrons. The predicted octanol–water partition coefficient (Wildman–Crippen LogP) is 3.53. The second kappa shape index (κ2) is 6.29. The number of anilines is 3. The molecule has 0 atom stereocenters. The molecule has 0 aliphatic rings. The van der Waals surface area contributed by atoms with Crippen molar-refractivity contribution in [3.8, 4) is 0 Å². The van der Waals surface area contributed by atoms with Gasteiger partial charge in [0.1, 0.15) is 11.6 Å². The Morgan fingerprint density at radius 1 is 1.16 bits per heavy atom. The summed E-state index contributed by atoms with van der Waals surface area (Å²) in [5.41, 5.74) is 3.08. The van der Waals surface area contributed by atoms with Crippen LogP contribution in [0, 0.1) is 0 Å². The molecular formula is C11H11Cl2N5S. The van der Waals surface area contributed by atoms with Crippen LogP contribution in [-0.4, -0.2) is 16.2 Å². The number of benzene rings is 1. The summed E-state index contributed by atoms with van der Waals surface area (Å²) in [7, 11) is 0. The van der Waals surface area contributed by atoms with Gasteiger partial charge in [0.2, 0.25) is 0 Å². The van der Waals surface area contributed by atoms with Crippen molar-refractivity contribution in [1.82, 2.24) is 9.97 Å². The van der Waals surface area contributed by atoms with Gasteiger partial charge >= 0.3 is 0 Å². The Bertz CT molecular complexity index is 551. The summed E-state index contributed by atoms with van der Waals surface area (Å²) in [5.74, 6) is 6.43. The number of hydrazine groups is 1. The Labute approximate surface area is 124 Å². The molecule has 4 N–H and O–H groups in total. The van der Waals surface area contributed by atoms with Crippen LogP contribution in [0.1, 0.15) is 0 Å². The Morgan fingerprint density at radius 3 is 2.37 bits per heavy atom. The van der Waals surface area contributed by atoms with Crippen LogP contribution in [0.5, 0.6) is 0 Å². The smallest absolute Gasteiger partial charge is 0.191 e. The number of nitrogens with zero attached hydrogens (tertiary/aromatic N) is 2. The van der Waals surface area contributed by atoms with Crippen LogP contribution >= 0.6 is 35.0 Å². The zero-order chi connectivity index (χ0) is 13.8. The first-order chi connectivity index (χ1) is 9.13. The van der Waals surface area contributed by atoms with Crippen LogP contribution in [-0.2, 0) is 0 Å². The molecule has 0 saturated carbocycles. The lowest BCUT2D eigenvalue weighted by atomic mass is 10.3. The molecule has 2 aromatic rings. The van der Waals surface area contributed by atoms with E-state index in [1.165, 1.54) is 11.8 Å². The van der Waals surface area contributed by atoms with E-state index in [-0.39, 0.29) is 0 Å². The third-order valence-corrected chi connectivity index (χ3v) is 3.43. The first-order valence-electron chi connectivity index (χ1n) is 5.24. The molecule has 0 aliphatic heterocycles. The first-order valence-corrected chi connectivity index (χ1v) is 7.23. The van der Waals surface area contributed by atoms with Gasteiger partial charge in [-0.3, -0.25) is 0 Å². The lowest BCUT2D eigenvalue weighted by molar-refractivity contribution is 0.971. The van der Waals surface area contributed by atoms with Crippen LogP contribution in [0.25, 0.3) is 0 Å². The Morgan fingerprint density at radius 2 is 1.79 bits per heavy atom. The third kappa shape index (κ3) is 3.42. The van der Waals surface area contributed by atoms with Gasteiger partial charge in [0.15, 0.2) is 5.16 Å². The Kier molecular flexibility index (Phi) is 4.71. The van der Waals surface area contributed by atoms with E-state index in [9.17, 15) is 0 Å². The van der Waals surface area contributed by atoms with E-state index in [0.29, 0.717) is 32.5 Å². The summed E-state index contributed by atoms with van der Waals surface area (Å²) in [6.45, 7) is 0. The molecular weight excluding hydrogens is 305 g/mol. The maximum absolute atomic E-state index is 6.09. The summed E-state index contributed by atoms with van der Waals surface area (Å²) in [6.07, 6.45) is 1.88. The molecule has 8 heteroatoms.